The molecule has 1 aliphatic rings. The van der Waals surface area contributed by atoms with E-state index in [0.717, 1.165) is 29.7 Å². The van der Waals surface area contributed by atoms with E-state index >= 15 is 0 Å². The van der Waals surface area contributed by atoms with Crippen molar-refractivity contribution in [1.82, 2.24) is 9.88 Å². The van der Waals surface area contributed by atoms with Gasteiger partial charge in [-0.05, 0) is 49.2 Å². The normalized spacial score (nSPS) is 20.6. The van der Waals surface area contributed by atoms with Crippen molar-refractivity contribution in [3.8, 4) is 0 Å². The number of aliphatic hydroxyl groups excluding tert-OH is 1. The van der Waals surface area contributed by atoms with Crippen molar-refractivity contribution in [3.63, 3.8) is 0 Å². The molecule has 0 saturated carbocycles. The number of hydrogen-bond donors (Lipinski definition) is 1. The smallest absolute Gasteiger partial charge is 0.129 e. The van der Waals surface area contributed by atoms with Gasteiger partial charge in [-0.15, -0.1) is 0 Å². The maximum absolute atomic E-state index is 10.7. The molecule has 1 saturated heterocycles. The molecule has 1 fully saturated rings. The predicted molar refractivity (Wildman–Crippen MR) is 84.4 cm³/mol. The molecule has 2 heterocycles. The van der Waals surface area contributed by atoms with Crippen LogP contribution in [0.15, 0.2) is 42.6 Å². The summed E-state index contributed by atoms with van der Waals surface area (Å²) < 4.78 is 0. The third-order valence-corrected chi connectivity index (χ3v) is 4.43. The van der Waals surface area contributed by atoms with Crippen LogP contribution in [0.3, 0.4) is 0 Å². The molecule has 0 radical (unpaired) electrons. The average Bonchev–Trinajstić information content (AvgIpc) is 2.93. The number of nitrogens with zero attached hydrogens (tertiary/aromatic N) is 2. The van der Waals surface area contributed by atoms with Gasteiger partial charge in [-0.25, -0.2) is 4.98 Å². The molecule has 0 unspecified atom stereocenters. The number of aromatic nitrogens is 1. The fourth-order valence-electron chi connectivity index (χ4n) is 3.09. The van der Waals surface area contributed by atoms with Crippen molar-refractivity contribution in [2.24, 2.45) is 0 Å². The zero-order valence-electron chi connectivity index (χ0n) is 12.0. The molecule has 1 aromatic heterocycles. The third-order valence-electron chi connectivity index (χ3n) is 4.22. The third kappa shape index (κ3) is 2.95. The van der Waals surface area contributed by atoms with Crippen molar-refractivity contribution < 1.29 is 5.11 Å². The monoisotopic (exact) mass is 302 g/mol. The van der Waals surface area contributed by atoms with Crippen LogP contribution in [0, 0.1) is 0 Å². The predicted octanol–water partition coefficient (Wildman–Crippen LogP) is 3.58. The fourth-order valence-corrected chi connectivity index (χ4v) is 3.25. The summed E-state index contributed by atoms with van der Waals surface area (Å²) in [4.78, 5) is 6.53. The van der Waals surface area contributed by atoms with Crippen molar-refractivity contribution in [2.75, 3.05) is 13.6 Å². The van der Waals surface area contributed by atoms with Crippen LogP contribution < -0.4 is 0 Å². The van der Waals surface area contributed by atoms with Crippen LogP contribution in [0.2, 0.25) is 5.15 Å². The van der Waals surface area contributed by atoms with Crippen LogP contribution in [-0.4, -0.2) is 28.6 Å². The molecule has 3 nitrogen and oxygen atoms in total. The van der Waals surface area contributed by atoms with E-state index in [4.69, 9.17) is 11.6 Å². The summed E-state index contributed by atoms with van der Waals surface area (Å²) in [6.45, 7) is 1.08. The average molecular weight is 303 g/mol. The lowest BCUT2D eigenvalue weighted by Gasteiger charge is -2.24. The van der Waals surface area contributed by atoms with Gasteiger partial charge in [0, 0.05) is 12.2 Å². The van der Waals surface area contributed by atoms with Gasteiger partial charge in [0.25, 0.3) is 0 Å². The zero-order valence-corrected chi connectivity index (χ0v) is 12.8. The van der Waals surface area contributed by atoms with Gasteiger partial charge < -0.3 is 5.11 Å². The first-order valence-electron chi connectivity index (χ1n) is 7.25. The first kappa shape index (κ1) is 14.5. The van der Waals surface area contributed by atoms with E-state index in [0.29, 0.717) is 11.2 Å². The number of halogens is 1. The molecule has 2 aromatic rings. The standard InChI is InChI=1S/C17H19ClN2O/c1-20-9-5-8-15(20)14-11-19-16(18)10-13(14)17(21)12-6-3-2-4-7-12/h2-4,6-7,10-11,15,17,21H,5,8-9H2,1H3/t15-,17-/m0/s1. The molecule has 0 bridgehead atoms. The summed E-state index contributed by atoms with van der Waals surface area (Å²) in [5.74, 6) is 0. The Hall–Kier alpha value is -1.42. The minimum absolute atomic E-state index is 0.308. The van der Waals surface area contributed by atoms with Gasteiger partial charge in [0.05, 0.1) is 0 Å². The maximum Gasteiger partial charge on any atom is 0.129 e. The van der Waals surface area contributed by atoms with Gasteiger partial charge in [-0.2, -0.15) is 0 Å². The SMILES string of the molecule is CN1CCC[C@H]1c1cnc(Cl)cc1[C@@H](O)c1ccccc1. The van der Waals surface area contributed by atoms with Gasteiger partial charge in [0.2, 0.25) is 0 Å². The van der Waals surface area contributed by atoms with Crippen LogP contribution in [0.25, 0.3) is 0 Å². The Kier molecular flexibility index (Phi) is 4.24. The zero-order chi connectivity index (χ0) is 14.8. The minimum atomic E-state index is -0.671. The fraction of sp³-hybridized carbons (Fsp3) is 0.353. The number of rotatable bonds is 3. The van der Waals surface area contributed by atoms with Crippen molar-refractivity contribution in [2.45, 2.75) is 25.0 Å². The molecule has 110 valence electrons. The number of aliphatic hydroxyl groups is 1. The Bertz CT molecular complexity index is 617. The van der Waals surface area contributed by atoms with Gasteiger partial charge in [-0.3, -0.25) is 4.90 Å². The maximum atomic E-state index is 10.7. The Labute approximate surface area is 130 Å². The summed E-state index contributed by atoms with van der Waals surface area (Å²) >= 11 is 6.06. The van der Waals surface area contributed by atoms with Crippen molar-refractivity contribution >= 4 is 11.6 Å². The Morgan fingerprint density at radius 3 is 2.76 bits per heavy atom. The summed E-state index contributed by atoms with van der Waals surface area (Å²) in [5, 5.41) is 11.2. The summed E-state index contributed by atoms with van der Waals surface area (Å²) in [5.41, 5.74) is 2.82. The van der Waals surface area contributed by atoms with Gasteiger partial charge in [0.15, 0.2) is 0 Å². The van der Waals surface area contributed by atoms with Crippen molar-refractivity contribution in [3.05, 3.63) is 64.4 Å². The van der Waals surface area contributed by atoms with Crippen LogP contribution in [0.4, 0.5) is 0 Å². The summed E-state index contributed by atoms with van der Waals surface area (Å²) in [7, 11) is 2.12. The Morgan fingerprint density at radius 2 is 2.10 bits per heavy atom. The van der Waals surface area contributed by atoms with Crippen LogP contribution in [0.1, 0.15) is 41.7 Å². The number of likely N-dealkylation sites (tertiary alicyclic amines) is 1. The molecule has 1 aromatic carbocycles. The molecule has 1 aliphatic heterocycles. The van der Waals surface area contributed by atoms with Gasteiger partial charge in [0.1, 0.15) is 11.3 Å². The van der Waals surface area contributed by atoms with E-state index in [2.05, 4.69) is 16.9 Å². The lowest BCUT2D eigenvalue weighted by molar-refractivity contribution is 0.215. The topological polar surface area (TPSA) is 36.4 Å². The molecule has 21 heavy (non-hydrogen) atoms. The second kappa shape index (κ2) is 6.14. The lowest BCUT2D eigenvalue weighted by Crippen LogP contribution is -2.20. The molecule has 0 spiro atoms. The molecular weight excluding hydrogens is 284 g/mol. The molecule has 4 heteroatoms. The number of benzene rings is 1. The summed E-state index contributed by atoms with van der Waals surface area (Å²) in [6.07, 6.45) is 3.41. The largest absolute Gasteiger partial charge is 0.384 e. The van der Waals surface area contributed by atoms with E-state index in [1.165, 1.54) is 6.42 Å². The highest BCUT2D eigenvalue weighted by atomic mass is 35.5. The minimum Gasteiger partial charge on any atom is -0.384 e. The second-order valence-electron chi connectivity index (χ2n) is 5.59. The first-order valence-corrected chi connectivity index (χ1v) is 7.63. The molecule has 2 atom stereocenters. The summed E-state index contributed by atoms with van der Waals surface area (Å²) in [6, 6.07) is 11.8. The number of hydrogen-bond acceptors (Lipinski definition) is 3. The highest BCUT2D eigenvalue weighted by Crippen LogP contribution is 2.36. The lowest BCUT2D eigenvalue weighted by atomic mass is 9.93. The highest BCUT2D eigenvalue weighted by Gasteiger charge is 2.27. The van der Waals surface area contributed by atoms with E-state index < -0.39 is 6.10 Å². The molecule has 0 aliphatic carbocycles. The molecule has 3 rings (SSSR count). The van der Waals surface area contributed by atoms with Gasteiger partial charge in [-0.1, -0.05) is 41.9 Å². The second-order valence-corrected chi connectivity index (χ2v) is 5.98. The molecule has 0 amide bonds. The molecular formula is C17H19ClN2O. The van der Waals surface area contributed by atoms with E-state index in [1.54, 1.807) is 6.07 Å². The first-order chi connectivity index (χ1) is 10.2. The van der Waals surface area contributed by atoms with Gasteiger partial charge >= 0.3 is 0 Å². The highest BCUT2D eigenvalue weighted by molar-refractivity contribution is 6.29. The van der Waals surface area contributed by atoms with Crippen LogP contribution in [0.5, 0.6) is 0 Å². The number of pyridine rings is 1. The van der Waals surface area contributed by atoms with E-state index in [1.807, 2.05) is 36.5 Å². The van der Waals surface area contributed by atoms with E-state index in [9.17, 15) is 5.11 Å². The Morgan fingerprint density at radius 1 is 1.33 bits per heavy atom. The molecule has 1 N–H and O–H groups in total. The quantitative estimate of drug-likeness (QED) is 0.880. The van der Waals surface area contributed by atoms with Crippen LogP contribution in [-0.2, 0) is 0 Å². The van der Waals surface area contributed by atoms with Crippen LogP contribution >= 0.6 is 11.6 Å². The van der Waals surface area contributed by atoms with Crippen molar-refractivity contribution in [1.29, 1.82) is 0 Å². The Balaban J connectivity index is 2.02. The van der Waals surface area contributed by atoms with E-state index in [-0.39, 0.29) is 0 Å².